The number of aromatic nitrogens is 2. The second kappa shape index (κ2) is 8.92. The minimum atomic E-state index is -4.72. The van der Waals surface area contributed by atoms with Gasteiger partial charge in [0.1, 0.15) is 5.75 Å². The van der Waals surface area contributed by atoms with E-state index in [1.807, 2.05) is 43.6 Å². The molecule has 5 nitrogen and oxygen atoms in total. The van der Waals surface area contributed by atoms with Crippen molar-refractivity contribution >= 4 is 10.8 Å². The first-order valence-electron chi connectivity index (χ1n) is 10.0. The van der Waals surface area contributed by atoms with E-state index in [1.54, 1.807) is 22.9 Å². The van der Waals surface area contributed by atoms with Gasteiger partial charge in [-0.15, -0.1) is 13.2 Å². The zero-order valence-corrected chi connectivity index (χ0v) is 17.4. The summed E-state index contributed by atoms with van der Waals surface area (Å²) in [7, 11) is 0. The summed E-state index contributed by atoms with van der Waals surface area (Å²) in [5, 5.41) is 15.8. The molecule has 0 amide bonds. The number of pyridine rings is 1. The Bertz CT molecular complexity index is 1200. The van der Waals surface area contributed by atoms with Crippen molar-refractivity contribution in [3.63, 3.8) is 0 Å². The maximum absolute atomic E-state index is 12.3. The zero-order chi connectivity index (χ0) is 22.7. The van der Waals surface area contributed by atoms with Crippen LogP contribution in [0.1, 0.15) is 22.3 Å². The van der Waals surface area contributed by atoms with Crippen molar-refractivity contribution in [2.45, 2.75) is 32.9 Å². The third-order valence-electron chi connectivity index (χ3n) is 5.11. The van der Waals surface area contributed by atoms with Gasteiger partial charge in [0.15, 0.2) is 5.88 Å². The fourth-order valence-corrected chi connectivity index (χ4v) is 3.74. The van der Waals surface area contributed by atoms with Crippen LogP contribution in [-0.2, 0) is 19.6 Å². The molecule has 32 heavy (non-hydrogen) atoms. The summed E-state index contributed by atoms with van der Waals surface area (Å²) in [5.74, 6) is -0.148. The van der Waals surface area contributed by atoms with Crippen molar-refractivity contribution in [1.29, 1.82) is 0 Å². The van der Waals surface area contributed by atoms with Crippen LogP contribution in [0.3, 0.4) is 0 Å². The van der Waals surface area contributed by atoms with Crippen LogP contribution in [0, 0.1) is 6.92 Å². The zero-order valence-electron chi connectivity index (χ0n) is 17.4. The van der Waals surface area contributed by atoms with E-state index in [-0.39, 0.29) is 11.6 Å². The molecule has 8 heteroatoms. The Morgan fingerprint density at radius 2 is 1.78 bits per heavy atom. The smallest absolute Gasteiger partial charge is 0.494 e. The molecule has 0 fully saturated rings. The van der Waals surface area contributed by atoms with Gasteiger partial charge in [-0.05, 0) is 53.4 Å². The second-order valence-electron chi connectivity index (χ2n) is 7.61. The topological polar surface area (TPSA) is 59.3 Å². The van der Waals surface area contributed by atoms with Crippen LogP contribution in [0.15, 0.2) is 67.1 Å². The van der Waals surface area contributed by atoms with E-state index >= 15 is 0 Å². The van der Waals surface area contributed by atoms with E-state index in [2.05, 4.69) is 15.0 Å². The van der Waals surface area contributed by atoms with Gasteiger partial charge in [-0.2, -0.15) is 0 Å². The highest BCUT2D eigenvalue weighted by Crippen LogP contribution is 2.32. The van der Waals surface area contributed by atoms with Crippen molar-refractivity contribution in [3.8, 4) is 11.6 Å². The number of aromatic hydroxyl groups is 1. The number of ether oxygens (including phenoxy) is 1. The average Bonchev–Trinajstić information content (AvgIpc) is 3.05. The lowest BCUT2D eigenvalue weighted by Crippen LogP contribution is -2.17. The molecular weight excluding hydrogens is 419 g/mol. The van der Waals surface area contributed by atoms with Crippen LogP contribution in [0.2, 0.25) is 0 Å². The van der Waals surface area contributed by atoms with Gasteiger partial charge < -0.3 is 19.7 Å². The van der Waals surface area contributed by atoms with Crippen molar-refractivity contribution in [3.05, 3.63) is 89.4 Å². The molecule has 0 atom stereocenters. The van der Waals surface area contributed by atoms with E-state index in [1.165, 1.54) is 12.1 Å². The highest BCUT2D eigenvalue weighted by Gasteiger charge is 2.30. The van der Waals surface area contributed by atoms with Gasteiger partial charge in [-0.1, -0.05) is 24.3 Å². The van der Waals surface area contributed by atoms with Gasteiger partial charge in [0, 0.05) is 42.5 Å². The van der Waals surface area contributed by atoms with Gasteiger partial charge in [0.2, 0.25) is 0 Å². The van der Waals surface area contributed by atoms with Crippen LogP contribution in [0.25, 0.3) is 10.8 Å². The number of hydrogen-bond acceptors (Lipinski definition) is 4. The van der Waals surface area contributed by atoms with Crippen molar-refractivity contribution < 1.29 is 23.0 Å². The van der Waals surface area contributed by atoms with Gasteiger partial charge >= 0.3 is 6.36 Å². The largest absolute Gasteiger partial charge is 0.573 e. The Kier molecular flexibility index (Phi) is 6.05. The lowest BCUT2D eigenvalue weighted by Gasteiger charge is -2.10. The highest BCUT2D eigenvalue weighted by atomic mass is 19.4. The molecule has 0 saturated carbocycles. The monoisotopic (exact) mass is 441 g/mol. The number of alkyl halides is 3. The van der Waals surface area contributed by atoms with E-state index in [9.17, 15) is 18.3 Å². The lowest BCUT2D eigenvalue weighted by molar-refractivity contribution is -0.274. The Balaban J connectivity index is 1.48. The van der Waals surface area contributed by atoms with Crippen molar-refractivity contribution in [2.75, 3.05) is 0 Å². The molecule has 4 aromatic rings. The normalized spacial score (nSPS) is 11.8. The molecule has 0 spiro atoms. The molecule has 0 saturated heterocycles. The van der Waals surface area contributed by atoms with Crippen LogP contribution >= 0.6 is 0 Å². The number of rotatable bonds is 7. The Labute approximate surface area is 183 Å². The Morgan fingerprint density at radius 1 is 1.03 bits per heavy atom. The van der Waals surface area contributed by atoms with Crippen molar-refractivity contribution in [2.24, 2.45) is 0 Å². The first kappa shape index (κ1) is 21.7. The minimum Gasteiger partial charge on any atom is -0.494 e. The molecule has 2 aromatic heterocycles. The predicted octanol–water partition coefficient (Wildman–Crippen LogP) is 5.29. The molecule has 0 aliphatic heterocycles. The van der Waals surface area contributed by atoms with Gasteiger partial charge in [-0.3, -0.25) is 4.98 Å². The summed E-state index contributed by atoms with van der Waals surface area (Å²) in [6.07, 6.45) is 0.687. The number of aryl methyl sites for hydroxylation is 1. The Hall–Kier alpha value is -3.52. The van der Waals surface area contributed by atoms with Crippen molar-refractivity contribution in [1.82, 2.24) is 14.9 Å². The molecule has 0 bridgehead atoms. The third kappa shape index (κ3) is 5.20. The number of fused-ring (bicyclic) bond motifs is 1. The fourth-order valence-electron chi connectivity index (χ4n) is 3.74. The quantitative estimate of drug-likeness (QED) is 0.409. The summed E-state index contributed by atoms with van der Waals surface area (Å²) in [4.78, 5) is 4.11. The first-order valence-corrected chi connectivity index (χ1v) is 10.0. The predicted molar refractivity (Wildman–Crippen MR) is 115 cm³/mol. The Morgan fingerprint density at radius 3 is 2.47 bits per heavy atom. The number of benzene rings is 2. The van der Waals surface area contributed by atoms with E-state index in [0.29, 0.717) is 19.6 Å². The van der Waals surface area contributed by atoms with E-state index in [0.717, 1.165) is 33.0 Å². The molecule has 2 N–H and O–H groups in total. The van der Waals surface area contributed by atoms with E-state index in [4.69, 9.17) is 0 Å². The number of nitrogens with one attached hydrogen (secondary N) is 1. The SMILES string of the molecule is Cc1cc(CNCc2cccnc2)cc2cn(Cc3ccc(OC(F)(F)F)cc3)c(O)c12. The molecule has 0 radical (unpaired) electrons. The third-order valence-corrected chi connectivity index (χ3v) is 5.11. The average molecular weight is 441 g/mol. The number of nitrogens with zero attached hydrogens (tertiary/aromatic N) is 2. The fraction of sp³-hybridized carbons (Fsp3) is 0.208. The molecule has 4 rings (SSSR count). The molecule has 0 unspecified atom stereocenters. The van der Waals surface area contributed by atoms with Gasteiger partial charge in [0.05, 0.1) is 6.54 Å². The summed E-state index contributed by atoms with van der Waals surface area (Å²) in [6, 6.07) is 13.6. The molecule has 2 aromatic carbocycles. The lowest BCUT2D eigenvalue weighted by atomic mass is 10.1. The molecule has 166 valence electrons. The highest BCUT2D eigenvalue weighted by molar-refractivity contribution is 5.91. The number of hydrogen-bond donors (Lipinski definition) is 2. The van der Waals surface area contributed by atoms with Gasteiger partial charge in [0.25, 0.3) is 0 Å². The molecular formula is C24H22F3N3O2. The molecule has 2 heterocycles. The summed E-state index contributed by atoms with van der Waals surface area (Å²) >= 11 is 0. The first-order chi connectivity index (χ1) is 15.3. The summed E-state index contributed by atoms with van der Waals surface area (Å²) in [5.41, 5.74) is 3.88. The van der Waals surface area contributed by atoms with Crippen LogP contribution in [0.4, 0.5) is 13.2 Å². The standard InChI is InChI=1S/C24H22F3N3O2/c1-16-9-19(13-29-12-18-3-2-8-28-11-18)10-20-15-30(23(31)22(16)20)14-17-4-6-21(7-5-17)32-24(25,26)27/h2-11,15,29,31H,12-14H2,1H3. The molecule has 0 aliphatic rings. The van der Waals surface area contributed by atoms with Crippen LogP contribution in [-0.4, -0.2) is 21.0 Å². The summed E-state index contributed by atoms with van der Waals surface area (Å²) < 4.78 is 42.6. The van der Waals surface area contributed by atoms with Crippen LogP contribution < -0.4 is 10.1 Å². The van der Waals surface area contributed by atoms with E-state index < -0.39 is 6.36 Å². The van der Waals surface area contributed by atoms with Crippen LogP contribution in [0.5, 0.6) is 11.6 Å². The maximum atomic E-state index is 12.3. The minimum absolute atomic E-state index is 0.128. The molecule has 0 aliphatic carbocycles. The maximum Gasteiger partial charge on any atom is 0.573 e. The number of halogens is 3. The van der Waals surface area contributed by atoms with Gasteiger partial charge in [-0.25, -0.2) is 0 Å². The summed E-state index contributed by atoms with van der Waals surface area (Å²) in [6.45, 7) is 3.63. The second-order valence-corrected chi connectivity index (χ2v) is 7.61.